The molecule has 5 nitrogen and oxygen atoms in total. The normalized spacial score (nSPS) is 11.8. The molecule has 1 aromatic rings. The van der Waals surface area contributed by atoms with Crippen molar-refractivity contribution in [3.05, 3.63) is 24.5 Å². The van der Waals surface area contributed by atoms with Crippen LogP contribution in [0.1, 0.15) is 19.8 Å². The van der Waals surface area contributed by atoms with Crippen LogP contribution in [0.5, 0.6) is 0 Å². The first kappa shape index (κ1) is 12.2. The summed E-state index contributed by atoms with van der Waals surface area (Å²) in [4.78, 5) is 25.7. The molecular formula is C11H14N2O3. The second-order valence-corrected chi connectivity index (χ2v) is 3.70. The molecular weight excluding hydrogens is 208 g/mol. The van der Waals surface area contributed by atoms with Crippen molar-refractivity contribution in [3.63, 3.8) is 0 Å². The number of rotatable bonds is 5. The summed E-state index contributed by atoms with van der Waals surface area (Å²) in [6, 6.07) is 3.45. The molecule has 0 radical (unpaired) electrons. The lowest BCUT2D eigenvalue weighted by atomic mass is 10.0. The van der Waals surface area contributed by atoms with Gasteiger partial charge in [0.1, 0.15) is 0 Å². The van der Waals surface area contributed by atoms with Gasteiger partial charge in [0, 0.05) is 19.0 Å². The molecule has 0 aliphatic carbocycles. The van der Waals surface area contributed by atoms with Crippen LogP contribution in [0.2, 0.25) is 0 Å². The molecule has 0 aromatic carbocycles. The number of carboxylic acids is 1. The van der Waals surface area contributed by atoms with E-state index in [0.29, 0.717) is 5.69 Å². The molecule has 0 saturated carbocycles. The van der Waals surface area contributed by atoms with E-state index in [1.54, 1.807) is 31.5 Å². The summed E-state index contributed by atoms with van der Waals surface area (Å²) in [6.45, 7) is 1.73. The molecule has 0 aliphatic rings. The predicted molar refractivity (Wildman–Crippen MR) is 58.9 cm³/mol. The Morgan fingerprint density at radius 1 is 1.50 bits per heavy atom. The van der Waals surface area contributed by atoms with Crippen LogP contribution in [0.4, 0.5) is 5.69 Å². The maximum Gasteiger partial charge on any atom is 0.303 e. The van der Waals surface area contributed by atoms with Crippen molar-refractivity contribution in [2.45, 2.75) is 19.8 Å². The van der Waals surface area contributed by atoms with E-state index >= 15 is 0 Å². The Hall–Kier alpha value is -1.91. The van der Waals surface area contributed by atoms with Crippen LogP contribution in [0.25, 0.3) is 0 Å². The number of anilines is 1. The summed E-state index contributed by atoms with van der Waals surface area (Å²) in [5, 5.41) is 11.2. The topological polar surface area (TPSA) is 79.3 Å². The number of carbonyl (C=O) groups excluding carboxylic acids is 1. The maximum atomic E-state index is 11.5. The average Bonchev–Trinajstić information content (AvgIpc) is 2.17. The van der Waals surface area contributed by atoms with Crippen LogP contribution in [-0.2, 0) is 9.59 Å². The number of carboxylic acid groups (broad SMARTS) is 1. The minimum absolute atomic E-state index is 0.000456. The van der Waals surface area contributed by atoms with E-state index < -0.39 is 5.97 Å². The second kappa shape index (κ2) is 5.85. The van der Waals surface area contributed by atoms with Crippen molar-refractivity contribution < 1.29 is 14.7 Å². The Labute approximate surface area is 93.5 Å². The van der Waals surface area contributed by atoms with Gasteiger partial charge in [0.05, 0.1) is 11.9 Å². The lowest BCUT2D eigenvalue weighted by molar-refractivity contribution is -0.138. The number of hydrogen-bond acceptors (Lipinski definition) is 3. The number of pyridine rings is 1. The van der Waals surface area contributed by atoms with Crippen LogP contribution in [-0.4, -0.2) is 22.0 Å². The third kappa shape index (κ3) is 4.54. The minimum Gasteiger partial charge on any atom is -0.481 e. The lowest BCUT2D eigenvalue weighted by Gasteiger charge is -2.08. The fraction of sp³-hybridized carbons (Fsp3) is 0.364. The number of aromatic nitrogens is 1. The van der Waals surface area contributed by atoms with E-state index in [-0.39, 0.29) is 24.7 Å². The Kier molecular flexibility index (Phi) is 4.44. The molecule has 0 bridgehead atoms. The first-order valence-corrected chi connectivity index (χ1v) is 4.99. The largest absolute Gasteiger partial charge is 0.481 e. The van der Waals surface area contributed by atoms with E-state index in [4.69, 9.17) is 5.11 Å². The number of hydrogen-bond donors (Lipinski definition) is 2. The van der Waals surface area contributed by atoms with Crippen molar-refractivity contribution in [3.8, 4) is 0 Å². The fourth-order valence-electron chi connectivity index (χ4n) is 1.34. The minimum atomic E-state index is -0.887. The van der Waals surface area contributed by atoms with Crippen LogP contribution in [0.3, 0.4) is 0 Å². The summed E-state index contributed by atoms with van der Waals surface area (Å²) in [6.07, 6.45) is 3.35. The van der Waals surface area contributed by atoms with Crippen LogP contribution < -0.4 is 5.32 Å². The van der Waals surface area contributed by atoms with E-state index in [1.165, 1.54) is 0 Å². The van der Waals surface area contributed by atoms with Gasteiger partial charge in [-0.1, -0.05) is 6.92 Å². The molecule has 0 fully saturated rings. The number of aliphatic carboxylic acids is 1. The summed E-state index contributed by atoms with van der Waals surface area (Å²) in [5.41, 5.74) is 0.620. The van der Waals surface area contributed by atoms with E-state index in [2.05, 4.69) is 10.3 Å². The van der Waals surface area contributed by atoms with Crippen LogP contribution in [0, 0.1) is 5.92 Å². The second-order valence-electron chi connectivity index (χ2n) is 3.70. The summed E-state index contributed by atoms with van der Waals surface area (Å²) >= 11 is 0. The maximum absolute atomic E-state index is 11.5. The molecule has 16 heavy (non-hydrogen) atoms. The lowest BCUT2D eigenvalue weighted by Crippen LogP contribution is -2.16. The molecule has 0 saturated heterocycles. The highest BCUT2D eigenvalue weighted by atomic mass is 16.4. The predicted octanol–water partition coefficient (Wildman–Crippen LogP) is 1.52. The Balaban J connectivity index is 2.39. The fourth-order valence-corrected chi connectivity index (χ4v) is 1.34. The van der Waals surface area contributed by atoms with Gasteiger partial charge in [-0.2, -0.15) is 0 Å². The standard InChI is InChI=1S/C11H14N2O3/c1-8(6-11(15)16)5-10(14)13-9-3-2-4-12-7-9/h2-4,7-8H,5-6H2,1H3,(H,13,14)(H,15,16)/t8-/m1/s1. The van der Waals surface area contributed by atoms with E-state index in [0.717, 1.165) is 0 Å². The summed E-state index contributed by atoms with van der Waals surface area (Å²) < 4.78 is 0. The molecule has 1 rings (SSSR count). The van der Waals surface area contributed by atoms with Gasteiger partial charge in [-0.05, 0) is 18.1 Å². The monoisotopic (exact) mass is 222 g/mol. The van der Waals surface area contributed by atoms with Gasteiger partial charge in [-0.25, -0.2) is 0 Å². The highest BCUT2D eigenvalue weighted by Gasteiger charge is 2.12. The van der Waals surface area contributed by atoms with Crippen molar-refractivity contribution >= 4 is 17.6 Å². The molecule has 1 atom stereocenters. The van der Waals surface area contributed by atoms with Gasteiger partial charge in [-0.15, -0.1) is 0 Å². The molecule has 0 spiro atoms. The van der Waals surface area contributed by atoms with Crippen molar-refractivity contribution in [2.24, 2.45) is 5.92 Å². The first-order chi connectivity index (χ1) is 7.58. The smallest absolute Gasteiger partial charge is 0.303 e. The number of amides is 1. The SMILES string of the molecule is C[C@@H](CC(=O)O)CC(=O)Nc1cccnc1. The molecule has 0 unspecified atom stereocenters. The number of nitrogens with zero attached hydrogens (tertiary/aromatic N) is 1. The summed E-state index contributed by atoms with van der Waals surface area (Å²) in [7, 11) is 0. The zero-order chi connectivity index (χ0) is 12.0. The zero-order valence-electron chi connectivity index (χ0n) is 9.01. The molecule has 5 heteroatoms. The molecule has 1 aromatic heterocycles. The quantitative estimate of drug-likeness (QED) is 0.791. The average molecular weight is 222 g/mol. The summed E-state index contributed by atoms with van der Waals surface area (Å²) in [5.74, 6) is -1.25. The van der Waals surface area contributed by atoms with Gasteiger partial charge >= 0.3 is 5.97 Å². The first-order valence-electron chi connectivity index (χ1n) is 4.99. The Morgan fingerprint density at radius 2 is 2.25 bits per heavy atom. The van der Waals surface area contributed by atoms with Gasteiger partial charge < -0.3 is 10.4 Å². The van der Waals surface area contributed by atoms with E-state index in [1.807, 2.05) is 0 Å². The zero-order valence-corrected chi connectivity index (χ0v) is 9.01. The van der Waals surface area contributed by atoms with Gasteiger partial charge in [-0.3, -0.25) is 14.6 Å². The van der Waals surface area contributed by atoms with Gasteiger partial charge in [0.25, 0.3) is 0 Å². The van der Waals surface area contributed by atoms with Crippen LogP contribution in [0.15, 0.2) is 24.5 Å². The molecule has 1 heterocycles. The number of nitrogens with one attached hydrogen (secondary N) is 1. The van der Waals surface area contributed by atoms with Crippen LogP contribution >= 0.6 is 0 Å². The molecule has 1 amide bonds. The van der Waals surface area contributed by atoms with Crippen molar-refractivity contribution in [1.29, 1.82) is 0 Å². The van der Waals surface area contributed by atoms with Gasteiger partial charge in [0.2, 0.25) is 5.91 Å². The Bertz CT molecular complexity index is 365. The van der Waals surface area contributed by atoms with Crippen molar-refractivity contribution in [2.75, 3.05) is 5.32 Å². The van der Waals surface area contributed by atoms with Crippen molar-refractivity contribution in [1.82, 2.24) is 4.98 Å². The highest BCUT2D eigenvalue weighted by Crippen LogP contribution is 2.10. The Morgan fingerprint density at radius 3 is 2.81 bits per heavy atom. The van der Waals surface area contributed by atoms with E-state index in [9.17, 15) is 9.59 Å². The number of carbonyl (C=O) groups is 2. The van der Waals surface area contributed by atoms with Gasteiger partial charge in [0.15, 0.2) is 0 Å². The molecule has 86 valence electrons. The molecule has 0 aliphatic heterocycles. The third-order valence-corrected chi connectivity index (χ3v) is 2.00. The molecule has 2 N–H and O–H groups in total. The highest BCUT2D eigenvalue weighted by molar-refractivity contribution is 5.90. The third-order valence-electron chi connectivity index (χ3n) is 2.00.